The first kappa shape index (κ1) is 14.6. The molecule has 0 aliphatic carbocycles. The summed E-state index contributed by atoms with van der Waals surface area (Å²) in [6, 6.07) is 9.79. The third-order valence-corrected chi connectivity index (χ3v) is 2.76. The third-order valence-electron chi connectivity index (χ3n) is 2.76. The standard InChI is InChI=1S/C16H20FNO2/c1-12(2)9-18-10-15-7-8-16(20-15)11-19-14-5-3-13(17)4-6-14/h3-8,12,18H,9-11H2,1-2H3. The lowest BCUT2D eigenvalue weighted by Crippen LogP contribution is -2.18. The van der Waals surface area contributed by atoms with E-state index in [1.165, 1.54) is 12.1 Å². The van der Waals surface area contributed by atoms with Crippen LogP contribution in [0.2, 0.25) is 0 Å². The van der Waals surface area contributed by atoms with E-state index < -0.39 is 0 Å². The fourth-order valence-electron chi connectivity index (χ4n) is 1.76. The summed E-state index contributed by atoms with van der Waals surface area (Å²) in [6.45, 7) is 6.35. The molecule has 2 rings (SSSR count). The molecule has 0 atom stereocenters. The molecule has 0 saturated heterocycles. The average Bonchev–Trinajstić information content (AvgIpc) is 2.86. The van der Waals surface area contributed by atoms with Gasteiger partial charge in [0.15, 0.2) is 0 Å². The highest BCUT2D eigenvalue weighted by Crippen LogP contribution is 2.15. The first-order chi connectivity index (χ1) is 9.63. The summed E-state index contributed by atoms with van der Waals surface area (Å²) >= 11 is 0. The van der Waals surface area contributed by atoms with E-state index in [0.717, 1.165) is 18.1 Å². The van der Waals surface area contributed by atoms with Crippen LogP contribution in [-0.4, -0.2) is 6.54 Å². The molecule has 20 heavy (non-hydrogen) atoms. The van der Waals surface area contributed by atoms with Gasteiger partial charge in [-0.15, -0.1) is 0 Å². The average molecular weight is 277 g/mol. The van der Waals surface area contributed by atoms with Crippen molar-refractivity contribution in [2.45, 2.75) is 27.0 Å². The van der Waals surface area contributed by atoms with Crippen molar-refractivity contribution in [3.63, 3.8) is 0 Å². The van der Waals surface area contributed by atoms with Crippen LogP contribution in [0.1, 0.15) is 25.4 Å². The van der Waals surface area contributed by atoms with Crippen LogP contribution >= 0.6 is 0 Å². The molecule has 0 aliphatic heterocycles. The first-order valence-electron chi connectivity index (χ1n) is 6.80. The van der Waals surface area contributed by atoms with Crippen molar-refractivity contribution < 1.29 is 13.5 Å². The van der Waals surface area contributed by atoms with Gasteiger partial charge in [-0.05, 0) is 48.9 Å². The molecule has 4 heteroatoms. The van der Waals surface area contributed by atoms with Gasteiger partial charge in [0.2, 0.25) is 0 Å². The number of rotatable bonds is 7. The fourth-order valence-corrected chi connectivity index (χ4v) is 1.76. The van der Waals surface area contributed by atoms with Gasteiger partial charge in [0.25, 0.3) is 0 Å². The molecule has 0 radical (unpaired) electrons. The first-order valence-corrected chi connectivity index (χ1v) is 6.80. The van der Waals surface area contributed by atoms with Gasteiger partial charge in [-0.2, -0.15) is 0 Å². The quantitative estimate of drug-likeness (QED) is 0.837. The Morgan fingerprint density at radius 1 is 1.10 bits per heavy atom. The largest absolute Gasteiger partial charge is 0.486 e. The minimum atomic E-state index is -0.270. The Hall–Kier alpha value is -1.81. The molecular formula is C16H20FNO2. The van der Waals surface area contributed by atoms with Gasteiger partial charge in [0, 0.05) is 0 Å². The zero-order chi connectivity index (χ0) is 14.4. The van der Waals surface area contributed by atoms with Crippen LogP contribution in [0, 0.1) is 11.7 Å². The van der Waals surface area contributed by atoms with Crippen molar-refractivity contribution in [3.05, 3.63) is 53.7 Å². The van der Waals surface area contributed by atoms with Gasteiger partial charge >= 0.3 is 0 Å². The SMILES string of the molecule is CC(C)CNCc1ccc(COc2ccc(F)cc2)o1. The normalized spacial score (nSPS) is 11.0. The number of nitrogens with one attached hydrogen (secondary N) is 1. The number of hydrogen-bond donors (Lipinski definition) is 1. The zero-order valence-electron chi connectivity index (χ0n) is 11.9. The van der Waals surface area contributed by atoms with Crippen molar-refractivity contribution in [3.8, 4) is 5.75 Å². The number of ether oxygens (including phenoxy) is 1. The molecule has 0 amide bonds. The maximum Gasteiger partial charge on any atom is 0.146 e. The van der Waals surface area contributed by atoms with E-state index in [9.17, 15) is 4.39 Å². The Morgan fingerprint density at radius 2 is 1.80 bits per heavy atom. The Morgan fingerprint density at radius 3 is 2.50 bits per heavy atom. The van der Waals surface area contributed by atoms with E-state index in [-0.39, 0.29) is 5.82 Å². The Labute approximate surface area is 118 Å². The van der Waals surface area contributed by atoms with E-state index in [1.807, 2.05) is 12.1 Å². The van der Waals surface area contributed by atoms with Crippen molar-refractivity contribution in [2.75, 3.05) is 6.54 Å². The van der Waals surface area contributed by atoms with E-state index in [2.05, 4.69) is 19.2 Å². The molecule has 3 nitrogen and oxygen atoms in total. The minimum Gasteiger partial charge on any atom is -0.486 e. The van der Waals surface area contributed by atoms with Crippen molar-refractivity contribution in [1.29, 1.82) is 0 Å². The van der Waals surface area contributed by atoms with Crippen molar-refractivity contribution in [2.24, 2.45) is 5.92 Å². The lowest BCUT2D eigenvalue weighted by Gasteiger charge is -2.05. The molecule has 2 aromatic rings. The number of furan rings is 1. The summed E-state index contributed by atoms with van der Waals surface area (Å²) in [4.78, 5) is 0. The van der Waals surface area contributed by atoms with Crippen LogP contribution in [-0.2, 0) is 13.2 Å². The maximum atomic E-state index is 12.7. The van der Waals surface area contributed by atoms with E-state index in [4.69, 9.17) is 9.15 Å². The molecule has 0 bridgehead atoms. The Kier molecular flexibility index (Phi) is 5.18. The summed E-state index contributed by atoms with van der Waals surface area (Å²) in [5.41, 5.74) is 0. The molecule has 0 aliphatic rings. The second-order valence-electron chi connectivity index (χ2n) is 5.14. The zero-order valence-corrected chi connectivity index (χ0v) is 11.9. The van der Waals surface area contributed by atoms with Crippen LogP contribution in [0.3, 0.4) is 0 Å². The molecule has 1 heterocycles. The summed E-state index contributed by atoms with van der Waals surface area (Å²) in [5.74, 6) is 2.63. The van der Waals surface area contributed by atoms with Gasteiger partial charge < -0.3 is 14.5 Å². The lowest BCUT2D eigenvalue weighted by molar-refractivity contribution is 0.264. The summed E-state index contributed by atoms with van der Waals surface area (Å²) in [5, 5.41) is 3.32. The van der Waals surface area contributed by atoms with E-state index in [1.54, 1.807) is 12.1 Å². The van der Waals surface area contributed by atoms with E-state index >= 15 is 0 Å². The predicted molar refractivity (Wildman–Crippen MR) is 76.0 cm³/mol. The highest BCUT2D eigenvalue weighted by Gasteiger charge is 2.03. The Bertz CT molecular complexity index is 520. The van der Waals surface area contributed by atoms with Crippen LogP contribution in [0.15, 0.2) is 40.8 Å². The molecular weight excluding hydrogens is 257 g/mol. The number of benzene rings is 1. The highest BCUT2D eigenvalue weighted by molar-refractivity contribution is 5.22. The number of halogens is 1. The maximum absolute atomic E-state index is 12.7. The van der Waals surface area contributed by atoms with Gasteiger partial charge in [-0.3, -0.25) is 0 Å². The molecule has 0 fully saturated rings. The van der Waals surface area contributed by atoms with Gasteiger partial charge in [0.1, 0.15) is 29.7 Å². The lowest BCUT2D eigenvalue weighted by atomic mass is 10.2. The van der Waals surface area contributed by atoms with Crippen molar-refractivity contribution in [1.82, 2.24) is 5.32 Å². The highest BCUT2D eigenvalue weighted by atomic mass is 19.1. The molecule has 1 aromatic carbocycles. The minimum absolute atomic E-state index is 0.270. The smallest absolute Gasteiger partial charge is 0.146 e. The molecule has 0 spiro atoms. The third kappa shape index (κ3) is 4.70. The molecule has 0 unspecified atom stereocenters. The van der Waals surface area contributed by atoms with Gasteiger partial charge in [-0.25, -0.2) is 4.39 Å². The van der Waals surface area contributed by atoms with Gasteiger partial charge in [-0.1, -0.05) is 13.8 Å². The summed E-state index contributed by atoms with van der Waals surface area (Å²) in [6.07, 6.45) is 0. The van der Waals surface area contributed by atoms with Crippen LogP contribution in [0.25, 0.3) is 0 Å². The monoisotopic (exact) mass is 277 g/mol. The van der Waals surface area contributed by atoms with Gasteiger partial charge in [0.05, 0.1) is 6.54 Å². The summed E-state index contributed by atoms with van der Waals surface area (Å²) in [7, 11) is 0. The van der Waals surface area contributed by atoms with Crippen LogP contribution in [0.4, 0.5) is 4.39 Å². The molecule has 1 aromatic heterocycles. The van der Waals surface area contributed by atoms with E-state index in [0.29, 0.717) is 24.8 Å². The molecule has 108 valence electrons. The Balaban J connectivity index is 1.79. The number of hydrogen-bond acceptors (Lipinski definition) is 3. The van der Waals surface area contributed by atoms with Crippen LogP contribution < -0.4 is 10.1 Å². The fraction of sp³-hybridized carbons (Fsp3) is 0.375. The topological polar surface area (TPSA) is 34.4 Å². The van der Waals surface area contributed by atoms with Crippen LogP contribution in [0.5, 0.6) is 5.75 Å². The summed E-state index contributed by atoms with van der Waals surface area (Å²) < 4.78 is 23.9. The van der Waals surface area contributed by atoms with Crippen molar-refractivity contribution >= 4 is 0 Å². The predicted octanol–water partition coefficient (Wildman–Crippen LogP) is 3.74. The molecule has 1 N–H and O–H groups in total. The second kappa shape index (κ2) is 7.10. The molecule has 0 saturated carbocycles. The second-order valence-corrected chi connectivity index (χ2v) is 5.14.